The van der Waals surface area contributed by atoms with Crippen molar-refractivity contribution in [3.8, 4) is 0 Å². The van der Waals surface area contributed by atoms with Crippen molar-refractivity contribution < 1.29 is 0 Å². The Morgan fingerprint density at radius 2 is 2.33 bits per heavy atom. The quantitative estimate of drug-likeness (QED) is 0.818. The molecule has 0 amide bonds. The van der Waals surface area contributed by atoms with Crippen LogP contribution in [0.5, 0.6) is 0 Å². The highest BCUT2D eigenvalue weighted by atomic mass is 35.5. The first-order valence-corrected chi connectivity index (χ1v) is 5.03. The van der Waals surface area contributed by atoms with E-state index in [0.717, 1.165) is 9.34 Å². The summed E-state index contributed by atoms with van der Waals surface area (Å²) in [5.74, 6) is 0. The minimum absolute atomic E-state index is 0.361. The zero-order valence-electron chi connectivity index (χ0n) is 7.25. The van der Waals surface area contributed by atoms with Crippen LogP contribution in [0, 0.1) is 0 Å². The Labute approximate surface area is 81.9 Å². The number of likely N-dealkylation sites (N-methyl/N-ethyl adjacent to an activating group) is 1. The summed E-state index contributed by atoms with van der Waals surface area (Å²) in [6, 6.07) is 4.28. The van der Waals surface area contributed by atoms with Gasteiger partial charge in [0, 0.05) is 19.6 Å². The van der Waals surface area contributed by atoms with Crippen LogP contribution in [0.1, 0.15) is 6.92 Å². The number of anilines is 1. The fraction of sp³-hybridized carbons (Fsp3) is 0.500. The summed E-state index contributed by atoms with van der Waals surface area (Å²) in [4.78, 5) is 2.14. The molecule has 0 spiro atoms. The van der Waals surface area contributed by atoms with Gasteiger partial charge in [-0.2, -0.15) is 0 Å². The Morgan fingerprint density at radius 3 is 2.75 bits per heavy atom. The molecule has 0 radical (unpaired) electrons. The van der Waals surface area contributed by atoms with Crippen LogP contribution in [0.25, 0.3) is 0 Å². The van der Waals surface area contributed by atoms with Crippen LogP contribution in [0.2, 0.25) is 4.34 Å². The zero-order chi connectivity index (χ0) is 9.14. The minimum atomic E-state index is 0.361. The summed E-state index contributed by atoms with van der Waals surface area (Å²) in [6.07, 6.45) is 0. The van der Waals surface area contributed by atoms with E-state index >= 15 is 0 Å². The molecule has 12 heavy (non-hydrogen) atoms. The first kappa shape index (κ1) is 9.84. The van der Waals surface area contributed by atoms with E-state index in [2.05, 4.69) is 11.8 Å². The highest BCUT2D eigenvalue weighted by molar-refractivity contribution is 7.19. The van der Waals surface area contributed by atoms with Gasteiger partial charge < -0.3 is 10.6 Å². The first-order chi connectivity index (χ1) is 5.65. The van der Waals surface area contributed by atoms with E-state index in [9.17, 15) is 0 Å². The Morgan fingerprint density at radius 1 is 1.67 bits per heavy atom. The molecular weight excluding hydrogens is 192 g/mol. The second-order valence-corrected chi connectivity index (χ2v) is 4.47. The van der Waals surface area contributed by atoms with E-state index in [0.29, 0.717) is 12.6 Å². The number of nitrogens with zero attached hydrogens (tertiary/aromatic N) is 1. The van der Waals surface area contributed by atoms with E-state index in [1.54, 1.807) is 11.3 Å². The number of hydrogen-bond acceptors (Lipinski definition) is 3. The van der Waals surface area contributed by atoms with Crippen LogP contribution in [0.3, 0.4) is 0 Å². The molecule has 0 aliphatic carbocycles. The van der Waals surface area contributed by atoms with Crippen LogP contribution in [-0.2, 0) is 0 Å². The average molecular weight is 205 g/mol. The fourth-order valence-electron chi connectivity index (χ4n) is 0.870. The molecule has 1 aromatic rings. The molecule has 1 aromatic heterocycles. The maximum Gasteiger partial charge on any atom is 0.0950 e. The van der Waals surface area contributed by atoms with E-state index in [1.807, 2.05) is 19.2 Å². The standard InChI is InChI=1S/C8H13ClN2S/c1-6(5-10)11(2)8-4-3-7(9)12-8/h3-4,6H,5,10H2,1-2H3. The second kappa shape index (κ2) is 4.12. The van der Waals surface area contributed by atoms with E-state index in [-0.39, 0.29) is 0 Å². The molecule has 1 atom stereocenters. The largest absolute Gasteiger partial charge is 0.362 e. The molecule has 0 aliphatic heterocycles. The van der Waals surface area contributed by atoms with Gasteiger partial charge in [-0.05, 0) is 19.1 Å². The van der Waals surface area contributed by atoms with Crippen molar-refractivity contribution >= 4 is 27.9 Å². The molecule has 1 rings (SSSR count). The summed E-state index contributed by atoms with van der Waals surface area (Å²) in [5.41, 5.74) is 5.55. The SMILES string of the molecule is CC(CN)N(C)c1ccc(Cl)s1. The van der Waals surface area contributed by atoms with Crippen LogP contribution in [0.4, 0.5) is 5.00 Å². The lowest BCUT2D eigenvalue weighted by Crippen LogP contribution is -2.34. The minimum Gasteiger partial charge on any atom is -0.362 e. The molecule has 2 N–H and O–H groups in total. The number of nitrogens with two attached hydrogens (primary N) is 1. The van der Waals surface area contributed by atoms with Gasteiger partial charge >= 0.3 is 0 Å². The van der Waals surface area contributed by atoms with E-state index < -0.39 is 0 Å². The predicted molar refractivity (Wildman–Crippen MR) is 56.2 cm³/mol. The molecule has 0 aliphatic rings. The van der Waals surface area contributed by atoms with Crippen LogP contribution in [0.15, 0.2) is 12.1 Å². The van der Waals surface area contributed by atoms with Gasteiger partial charge in [-0.25, -0.2) is 0 Å². The smallest absolute Gasteiger partial charge is 0.0950 e. The van der Waals surface area contributed by atoms with Gasteiger partial charge in [-0.1, -0.05) is 11.6 Å². The van der Waals surface area contributed by atoms with Crippen molar-refractivity contribution in [1.82, 2.24) is 0 Å². The Hall–Kier alpha value is -0.250. The molecule has 0 saturated carbocycles. The molecule has 1 unspecified atom stereocenters. The third-order valence-electron chi connectivity index (χ3n) is 1.91. The molecule has 2 nitrogen and oxygen atoms in total. The Bertz CT molecular complexity index is 249. The van der Waals surface area contributed by atoms with Crippen LogP contribution < -0.4 is 10.6 Å². The molecule has 0 fully saturated rings. The lowest BCUT2D eigenvalue weighted by Gasteiger charge is -2.23. The lowest BCUT2D eigenvalue weighted by molar-refractivity contribution is 0.700. The normalized spacial score (nSPS) is 13.0. The second-order valence-electron chi connectivity index (χ2n) is 2.77. The van der Waals surface area contributed by atoms with E-state index in [1.165, 1.54) is 0 Å². The van der Waals surface area contributed by atoms with Crippen molar-refractivity contribution in [2.45, 2.75) is 13.0 Å². The van der Waals surface area contributed by atoms with Crippen molar-refractivity contribution in [3.05, 3.63) is 16.5 Å². The monoisotopic (exact) mass is 204 g/mol. The average Bonchev–Trinajstić information content (AvgIpc) is 2.49. The molecule has 0 saturated heterocycles. The van der Waals surface area contributed by atoms with Crippen molar-refractivity contribution in [3.63, 3.8) is 0 Å². The van der Waals surface area contributed by atoms with Gasteiger partial charge in [-0.15, -0.1) is 11.3 Å². The summed E-state index contributed by atoms with van der Waals surface area (Å²) < 4.78 is 0.820. The molecule has 4 heteroatoms. The van der Waals surface area contributed by atoms with Crippen molar-refractivity contribution in [1.29, 1.82) is 0 Å². The highest BCUT2D eigenvalue weighted by Gasteiger charge is 2.09. The van der Waals surface area contributed by atoms with Crippen molar-refractivity contribution in [2.24, 2.45) is 5.73 Å². The summed E-state index contributed by atoms with van der Waals surface area (Å²) >= 11 is 7.39. The maximum atomic E-state index is 5.81. The topological polar surface area (TPSA) is 29.3 Å². The lowest BCUT2D eigenvalue weighted by atomic mass is 10.3. The molecule has 1 heterocycles. The van der Waals surface area contributed by atoms with Crippen LogP contribution >= 0.6 is 22.9 Å². The van der Waals surface area contributed by atoms with Gasteiger partial charge in [0.1, 0.15) is 0 Å². The van der Waals surface area contributed by atoms with Gasteiger partial charge in [0.15, 0.2) is 0 Å². The van der Waals surface area contributed by atoms with Crippen LogP contribution in [-0.4, -0.2) is 19.6 Å². The number of thiophene rings is 1. The summed E-state index contributed by atoms with van der Waals surface area (Å²) in [6.45, 7) is 2.75. The molecule has 68 valence electrons. The summed E-state index contributed by atoms with van der Waals surface area (Å²) in [7, 11) is 2.03. The van der Waals surface area contributed by atoms with Gasteiger partial charge in [0.25, 0.3) is 0 Å². The van der Waals surface area contributed by atoms with Gasteiger partial charge in [0.05, 0.1) is 9.34 Å². The third kappa shape index (κ3) is 2.12. The first-order valence-electron chi connectivity index (χ1n) is 3.83. The Kier molecular flexibility index (Phi) is 3.38. The number of rotatable bonds is 3. The number of halogens is 1. The van der Waals surface area contributed by atoms with Gasteiger partial charge in [0.2, 0.25) is 0 Å². The third-order valence-corrected chi connectivity index (χ3v) is 3.23. The molecule has 0 aromatic carbocycles. The molecule has 0 bridgehead atoms. The zero-order valence-corrected chi connectivity index (χ0v) is 8.82. The maximum absolute atomic E-state index is 5.81. The Balaban J connectivity index is 2.70. The highest BCUT2D eigenvalue weighted by Crippen LogP contribution is 2.29. The fourth-order valence-corrected chi connectivity index (χ4v) is 1.97. The molecular formula is C8H13ClN2S. The summed E-state index contributed by atoms with van der Waals surface area (Å²) in [5, 5.41) is 1.16. The van der Waals surface area contributed by atoms with Gasteiger partial charge in [-0.3, -0.25) is 0 Å². The van der Waals surface area contributed by atoms with Crippen molar-refractivity contribution in [2.75, 3.05) is 18.5 Å². The predicted octanol–water partition coefficient (Wildman–Crippen LogP) is 2.18. The van der Waals surface area contributed by atoms with E-state index in [4.69, 9.17) is 17.3 Å². The number of hydrogen-bond donors (Lipinski definition) is 1.